The van der Waals surface area contributed by atoms with Crippen molar-refractivity contribution in [3.63, 3.8) is 0 Å². The van der Waals surface area contributed by atoms with E-state index in [4.69, 9.17) is 11.6 Å². The van der Waals surface area contributed by atoms with Crippen LogP contribution in [0.15, 0.2) is 30.3 Å². The van der Waals surface area contributed by atoms with Crippen molar-refractivity contribution in [3.05, 3.63) is 52.3 Å². The van der Waals surface area contributed by atoms with Gasteiger partial charge in [-0.1, -0.05) is 23.7 Å². The summed E-state index contributed by atoms with van der Waals surface area (Å²) >= 11 is 5.81. The highest BCUT2D eigenvalue weighted by atomic mass is 35.5. The van der Waals surface area contributed by atoms with Crippen molar-refractivity contribution in [1.29, 1.82) is 0 Å². The minimum atomic E-state index is -1.12. The third-order valence-corrected chi connectivity index (χ3v) is 3.95. The number of nitrogens with one attached hydrogen (secondary N) is 1. The van der Waals surface area contributed by atoms with Gasteiger partial charge in [-0.25, -0.2) is 4.79 Å². The van der Waals surface area contributed by atoms with E-state index in [0.717, 1.165) is 11.4 Å². The van der Waals surface area contributed by atoms with Crippen molar-refractivity contribution in [3.8, 4) is 0 Å². The first-order valence-electron chi connectivity index (χ1n) is 7.58. The van der Waals surface area contributed by atoms with Gasteiger partial charge in [-0.15, -0.1) is 0 Å². The summed E-state index contributed by atoms with van der Waals surface area (Å²) in [5.74, 6) is -1.47. The third kappa shape index (κ3) is 4.35. The molecule has 0 aliphatic heterocycles. The quantitative estimate of drug-likeness (QED) is 0.839. The Hall–Kier alpha value is -2.34. The maximum Gasteiger partial charge on any atom is 0.330 e. The van der Waals surface area contributed by atoms with Gasteiger partial charge in [0.05, 0.1) is 11.7 Å². The molecule has 0 saturated carbocycles. The van der Waals surface area contributed by atoms with Crippen LogP contribution in [0.2, 0.25) is 5.02 Å². The number of aryl methyl sites for hydroxylation is 2. The molecule has 128 valence electrons. The molecule has 2 unspecified atom stereocenters. The van der Waals surface area contributed by atoms with Crippen molar-refractivity contribution >= 4 is 23.5 Å². The highest BCUT2D eigenvalue weighted by Crippen LogP contribution is 2.19. The molecule has 0 radical (unpaired) electrons. The van der Waals surface area contributed by atoms with Crippen LogP contribution in [0.5, 0.6) is 0 Å². The number of carboxylic acids is 1. The number of benzene rings is 1. The van der Waals surface area contributed by atoms with Gasteiger partial charge in [0.2, 0.25) is 5.91 Å². The van der Waals surface area contributed by atoms with Crippen LogP contribution in [0.3, 0.4) is 0 Å². The summed E-state index contributed by atoms with van der Waals surface area (Å²) in [4.78, 5) is 23.7. The molecule has 0 aliphatic carbocycles. The molecule has 7 heteroatoms. The van der Waals surface area contributed by atoms with Crippen molar-refractivity contribution in [1.82, 2.24) is 15.1 Å². The normalized spacial score (nSPS) is 13.3. The molecule has 1 heterocycles. The Morgan fingerprint density at radius 2 is 1.92 bits per heavy atom. The fourth-order valence-corrected chi connectivity index (χ4v) is 2.74. The van der Waals surface area contributed by atoms with Crippen LogP contribution in [0.25, 0.3) is 0 Å². The van der Waals surface area contributed by atoms with Crippen LogP contribution in [0.4, 0.5) is 0 Å². The number of carbonyl (C=O) groups is 2. The Morgan fingerprint density at radius 1 is 1.29 bits per heavy atom. The average molecular weight is 350 g/mol. The summed E-state index contributed by atoms with van der Waals surface area (Å²) in [6, 6.07) is 7.02. The van der Waals surface area contributed by atoms with E-state index in [1.54, 1.807) is 28.9 Å². The van der Waals surface area contributed by atoms with Gasteiger partial charge >= 0.3 is 5.97 Å². The second-order valence-corrected chi connectivity index (χ2v) is 6.25. The molecule has 6 nitrogen and oxygen atoms in total. The van der Waals surface area contributed by atoms with Gasteiger partial charge in [0.15, 0.2) is 6.04 Å². The molecule has 0 aliphatic rings. The van der Waals surface area contributed by atoms with E-state index in [1.807, 2.05) is 26.8 Å². The van der Waals surface area contributed by atoms with E-state index in [9.17, 15) is 14.7 Å². The molecular formula is C17H20ClN3O3. The molecule has 2 N–H and O–H groups in total. The molecular weight excluding hydrogens is 330 g/mol. The number of carboxylic acid groups (broad SMARTS) is 1. The number of halogens is 1. The summed E-state index contributed by atoms with van der Waals surface area (Å²) in [5.41, 5.74) is 2.31. The summed E-state index contributed by atoms with van der Waals surface area (Å²) in [7, 11) is 0. The van der Waals surface area contributed by atoms with Crippen LogP contribution >= 0.6 is 11.6 Å². The highest BCUT2D eigenvalue weighted by Gasteiger charge is 2.23. The van der Waals surface area contributed by atoms with E-state index in [2.05, 4.69) is 10.4 Å². The van der Waals surface area contributed by atoms with Crippen LogP contribution in [0, 0.1) is 13.8 Å². The average Bonchev–Trinajstić information content (AvgIpc) is 2.84. The molecule has 2 atom stereocenters. The molecule has 2 rings (SSSR count). The highest BCUT2D eigenvalue weighted by molar-refractivity contribution is 6.30. The lowest BCUT2D eigenvalue weighted by molar-refractivity contribution is -0.142. The number of nitrogens with zero attached hydrogens (tertiary/aromatic N) is 2. The molecule has 0 spiro atoms. The standard InChI is InChI=1S/C17H20ClN3O3/c1-10-8-11(2)21(20-10)12(3)9-15(22)19-16(17(23)24)13-4-6-14(18)7-5-13/h4-8,12,16H,9H2,1-3H3,(H,19,22)(H,23,24). The van der Waals surface area contributed by atoms with E-state index in [1.165, 1.54) is 0 Å². The molecule has 24 heavy (non-hydrogen) atoms. The van der Waals surface area contributed by atoms with Crippen molar-refractivity contribution in [2.24, 2.45) is 0 Å². The Balaban J connectivity index is 2.07. The van der Waals surface area contributed by atoms with Gasteiger partial charge in [0, 0.05) is 17.1 Å². The number of carbonyl (C=O) groups excluding carboxylic acids is 1. The van der Waals surface area contributed by atoms with Gasteiger partial charge in [0.25, 0.3) is 0 Å². The Kier molecular flexibility index (Phi) is 5.62. The lowest BCUT2D eigenvalue weighted by Gasteiger charge is -2.18. The number of aromatic nitrogens is 2. The maximum absolute atomic E-state index is 12.3. The van der Waals surface area contributed by atoms with E-state index in [-0.39, 0.29) is 18.4 Å². The van der Waals surface area contributed by atoms with Gasteiger partial charge in [0.1, 0.15) is 0 Å². The zero-order chi connectivity index (χ0) is 17.9. The molecule has 2 aromatic rings. The van der Waals surface area contributed by atoms with E-state index < -0.39 is 12.0 Å². The lowest BCUT2D eigenvalue weighted by atomic mass is 10.1. The van der Waals surface area contributed by atoms with Crippen molar-refractivity contribution in [2.75, 3.05) is 0 Å². The Morgan fingerprint density at radius 3 is 2.42 bits per heavy atom. The molecule has 0 saturated heterocycles. The number of rotatable bonds is 6. The largest absolute Gasteiger partial charge is 0.479 e. The van der Waals surface area contributed by atoms with E-state index in [0.29, 0.717) is 10.6 Å². The number of hydrogen-bond donors (Lipinski definition) is 2. The minimum Gasteiger partial charge on any atom is -0.479 e. The zero-order valence-corrected chi connectivity index (χ0v) is 14.5. The fraction of sp³-hybridized carbons (Fsp3) is 0.353. The van der Waals surface area contributed by atoms with Crippen molar-refractivity contribution < 1.29 is 14.7 Å². The number of hydrogen-bond acceptors (Lipinski definition) is 3. The van der Waals surface area contributed by atoms with Gasteiger partial charge in [-0.3, -0.25) is 9.48 Å². The molecule has 1 aromatic heterocycles. The van der Waals surface area contributed by atoms with E-state index >= 15 is 0 Å². The molecule has 1 aromatic carbocycles. The zero-order valence-electron chi connectivity index (χ0n) is 13.8. The van der Waals surface area contributed by atoms with Gasteiger partial charge < -0.3 is 10.4 Å². The monoisotopic (exact) mass is 349 g/mol. The SMILES string of the molecule is Cc1cc(C)n(C(C)CC(=O)NC(C(=O)O)c2ccc(Cl)cc2)n1. The maximum atomic E-state index is 12.3. The topological polar surface area (TPSA) is 84.2 Å². The summed E-state index contributed by atoms with van der Waals surface area (Å²) < 4.78 is 1.77. The summed E-state index contributed by atoms with van der Waals surface area (Å²) in [5, 5.41) is 16.8. The molecule has 1 amide bonds. The van der Waals surface area contributed by atoms with Gasteiger partial charge in [-0.05, 0) is 44.5 Å². The van der Waals surface area contributed by atoms with Gasteiger partial charge in [-0.2, -0.15) is 5.10 Å². The summed E-state index contributed by atoms with van der Waals surface area (Å²) in [6.07, 6.45) is 0.138. The molecule has 0 bridgehead atoms. The smallest absolute Gasteiger partial charge is 0.330 e. The first kappa shape index (κ1) is 18.0. The van der Waals surface area contributed by atoms with Crippen LogP contribution in [-0.2, 0) is 9.59 Å². The Bertz CT molecular complexity index is 740. The van der Waals surface area contributed by atoms with Crippen LogP contribution in [-0.4, -0.2) is 26.8 Å². The third-order valence-electron chi connectivity index (χ3n) is 3.70. The number of amides is 1. The van der Waals surface area contributed by atoms with Crippen LogP contribution in [0.1, 0.15) is 42.4 Å². The molecule has 0 fully saturated rings. The first-order valence-corrected chi connectivity index (χ1v) is 7.96. The minimum absolute atomic E-state index is 0.138. The Labute approximate surface area is 145 Å². The predicted octanol–water partition coefficient (Wildman–Crippen LogP) is 3.05. The van der Waals surface area contributed by atoms with Crippen LogP contribution < -0.4 is 5.32 Å². The predicted molar refractivity (Wildman–Crippen MR) is 91.0 cm³/mol. The second kappa shape index (κ2) is 7.49. The first-order chi connectivity index (χ1) is 11.3. The summed E-state index contributed by atoms with van der Waals surface area (Å²) in [6.45, 7) is 5.68. The second-order valence-electron chi connectivity index (χ2n) is 5.82. The van der Waals surface area contributed by atoms with Crippen molar-refractivity contribution in [2.45, 2.75) is 39.3 Å². The fourth-order valence-electron chi connectivity index (χ4n) is 2.61. The lowest BCUT2D eigenvalue weighted by Crippen LogP contribution is -2.34. The number of aliphatic carboxylic acids is 1.